The SMILES string of the molecule is CC(O)CCOc1cc(CNC(C)(C)C)ccc1[N+](=O)[O-]. The molecule has 0 heterocycles. The van der Waals surface area contributed by atoms with Crippen molar-refractivity contribution in [3.05, 3.63) is 33.9 Å². The van der Waals surface area contributed by atoms with Crippen LogP contribution in [0, 0.1) is 10.1 Å². The highest BCUT2D eigenvalue weighted by atomic mass is 16.6. The second kappa shape index (κ2) is 7.38. The maximum Gasteiger partial charge on any atom is 0.310 e. The molecule has 1 atom stereocenters. The summed E-state index contributed by atoms with van der Waals surface area (Å²) in [6.45, 7) is 8.67. The molecule has 118 valence electrons. The molecule has 0 aromatic heterocycles. The van der Waals surface area contributed by atoms with Gasteiger partial charge in [0.25, 0.3) is 0 Å². The third kappa shape index (κ3) is 6.55. The molecule has 0 aliphatic carbocycles. The Morgan fingerprint density at radius 3 is 2.62 bits per heavy atom. The Morgan fingerprint density at radius 2 is 2.10 bits per heavy atom. The summed E-state index contributed by atoms with van der Waals surface area (Å²) in [5.41, 5.74) is 0.831. The van der Waals surface area contributed by atoms with Crippen LogP contribution in [0.5, 0.6) is 5.75 Å². The Kier molecular flexibility index (Phi) is 6.11. The summed E-state index contributed by atoms with van der Waals surface area (Å²) in [5, 5.41) is 23.5. The molecule has 0 amide bonds. The lowest BCUT2D eigenvalue weighted by molar-refractivity contribution is -0.385. The minimum absolute atomic E-state index is 0.0326. The van der Waals surface area contributed by atoms with Gasteiger partial charge in [-0.15, -0.1) is 0 Å². The van der Waals surface area contributed by atoms with E-state index < -0.39 is 11.0 Å². The molecule has 6 nitrogen and oxygen atoms in total. The van der Waals surface area contributed by atoms with Crippen molar-refractivity contribution in [2.24, 2.45) is 0 Å². The van der Waals surface area contributed by atoms with E-state index in [4.69, 9.17) is 4.74 Å². The van der Waals surface area contributed by atoms with Gasteiger partial charge in [0.15, 0.2) is 5.75 Å². The second-order valence-corrected chi connectivity index (χ2v) is 6.15. The number of rotatable bonds is 7. The lowest BCUT2D eigenvalue weighted by Crippen LogP contribution is -2.35. The molecule has 0 bridgehead atoms. The number of hydrogen-bond donors (Lipinski definition) is 2. The zero-order valence-corrected chi connectivity index (χ0v) is 13.0. The van der Waals surface area contributed by atoms with Gasteiger partial charge in [-0.05, 0) is 39.3 Å². The Bertz CT molecular complexity index is 481. The number of nitro groups is 1. The van der Waals surface area contributed by atoms with Gasteiger partial charge >= 0.3 is 5.69 Å². The summed E-state index contributed by atoms with van der Waals surface area (Å²) in [5.74, 6) is 0.244. The van der Waals surface area contributed by atoms with E-state index in [1.165, 1.54) is 6.07 Å². The average molecular weight is 296 g/mol. The largest absolute Gasteiger partial charge is 0.487 e. The quantitative estimate of drug-likeness (QED) is 0.597. The molecule has 1 aromatic rings. The fourth-order valence-corrected chi connectivity index (χ4v) is 1.64. The Balaban J connectivity index is 2.82. The van der Waals surface area contributed by atoms with Gasteiger partial charge in [-0.25, -0.2) is 0 Å². The van der Waals surface area contributed by atoms with Crippen LogP contribution in [0.2, 0.25) is 0 Å². The van der Waals surface area contributed by atoms with E-state index in [-0.39, 0.29) is 23.6 Å². The van der Waals surface area contributed by atoms with Crippen molar-refractivity contribution in [3.8, 4) is 5.75 Å². The molecule has 0 saturated carbocycles. The number of nitrogens with one attached hydrogen (secondary N) is 1. The lowest BCUT2D eigenvalue weighted by atomic mass is 10.1. The number of hydrogen-bond acceptors (Lipinski definition) is 5. The van der Waals surface area contributed by atoms with Crippen LogP contribution in [0.3, 0.4) is 0 Å². The smallest absolute Gasteiger partial charge is 0.310 e. The fourth-order valence-electron chi connectivity index (χ4n) is 1.64. The zero-order chi connectivity index (χ0) is 16.0. The first-order valence-corrected chi connectivity index (χ1v) is 7.02. The van der Waals surface area contributed by atoms with Gasteiger partial charge in [0.2, 0.25) is 0 Å². The first-order valence-electron chi connectivity index (χ1n) is 7.02. The van der Waals surface area contributed by atoms with Crippen LogP contribution in [-0.4, -0.2) is 28.3 Å². The van der Waals surface area contributed by atoms with Crippen LogP contribution in [0.4, 0.5) is 5.69 Å². The first-order chi connectivity index (χ1) is 9.69. The summed E-state index contributed by atoms with van der Waals surface area (Å²) in [4.78, 5) is 10.5. The number of nitrogens with zero attached hydrogens (tertiary/aromatic N) is 1. The molecule has 1 unspecified atom stereocenters. The third-order valence-electron chi connectivity index (χ3n) is 2.84. The molecule has 1 aromatic carbocycles. The van der Waals surface area contributed by atoms with Gasteiger partial charge < -0.3 is 15.2 Å². The van der Waals surface area contributed by atoms with E-state index in [0.717, 1.165) is 5.56 Å². The van der Waals surface area contributed by atoms with Crippen molar-refractivity contribution < 1.29 is 14.8 Å². The van der Waals surface area contributed by atoms with Crippen LogP contribution in [0.25, 0.3) is 0 Å². The van der Waals surface area contributed by atoms with Crippen molar-refractivity contribution in [1.29, 1.82) is 0 Å². The molecule has 0 spiro atoms. The number of nitro benzene ring substituents is 1. The average Bonchev–Trinajstić information content (AvgIpc) is 2.35. The monoisotopic (exact) mass is 296 g/mol. The topological polar surface area (TPSA) is 84.6 Å². The van der Waals surface area contributed by atoms with Gasteiger partial charge in [0.05, 0.1) is 17.6 Å². The highest BCUT2D eigenvalue weighted by molar-refractivity contribution is 5.48. The van der Waals surface area contributed by atoms with E-state index in [9.17, 15) is 15.2 Å². The minimum Gasteiger partial charge on any atom is -0.487 e. The predicted molar refractivity (Wildman–Crippen MR) is 81.5 cm³/mol. The number of aliphatic hydroxyl groups is 1. The Hall–Kier alpha value is -1.66. The number of aliphatic hydroxyl groups excluding tert-OH is 1. The maximum atomic E-state index is 11.0. The normalized spacial score (nSPS) is 13.0. The van der Waals surface area contributed by atoms with Gasteiger partial charge in [-0.2, -0.15) is 0 Å². The summed E-state index contributed by atoms with van der Waals surface area (Å²) in [6, 6.07) is 4.86. The van der Waals surface area contributed by atoms with Gasteiger partial charge in [0.1, 0.15) is 0 Å². The molecular formula is C15H24N2O4. The lowest BCUT2D eigenvalue weighted by Gasteiger charge is -2.20. The van der Waals surface area contributed by atoms with Crippen LogP contribution >= 0.6 is 0 Å². The highest BCUT2D eigenvalue weighted by Crippen LogP contribution is 2.28. The highest BCUT2D eigenvalue weighted by Gasteiger charge is 2.17. The van der Waals surface area contributed by atoms with E-state index in [0.29, 0.717) is 13.0 Å². The Morgan fingerprint density at radius 1 is 1.43 bits per heavy atom. The Labute approximate surface area is 125 Å². The number of ether oxygens (including phenoxy) is 1. The van der Waals surface area contributed by atoms with Crippen molar-refractivity contribution in [1.82, 2.24) is 5.32 Å². The molecule has 21 heavy (non-hydrogen) atoms. The van der Waals surface area contributed by atoms with Crippen molar-refractivity contribution in [2.75, 3.05) is 6.61 Å². The van der Waals surface area contributed by atoms with Crippen LogP contribution in [0.15, 0.2) is 18.2 Å². The van der Waals surface area contributed by atoms with Crippen LogP contribution in [-0.2, 0) is 6.54 Å². The van der Waals surface area contributed by atoms with Crippen LogP contribution in [0.1, 0.15) is 39.7 Å². The molecule has 0 aliphatic rings. The molecular weight excluding hydrogens is 272 g/mol. The van der Waals surface area contributed by atoms with E-state index in [2.05, 4.69) is 26.1 Å². The van der Waals surface area contributed by atoms with Crippen LogP contribution < -0.4 is 10.1 Å². The summed E-state index contributed by atoms with van der Waals surface area (Å²) >= 11 is 0. The molecule has 6 heteroatoms. The maximum absolute atomic E-state index is 11.0. The zero-order valence-electron chi connectivity index (χ0n) is 13.0. The van der Waals surface area contributed by atoms with Gasteiger partial charge in [-0.1, -0.05) is 6.07 Å². The standard InChI is InChI=1S/C15H24N2O4/c1-11(18)7-8-21-14-9-12(10-16-15(2,3)4)5-6-13(14)17(19)20/h5-6,9,11,16,18H,7-8,10H2,1-4H3. The molecule has 0 radical (unpaired) electrons. The first kappa shape index (κ1) is 17.4. The second-order valence-electron chi connectivity index (χ2n) is 6.15. The molecule has 1 rings (SSSR count). The van der Waals surface area contributed by atoms with Crippen molar-refractivity contribution in [2.45, 2.75) is 52.3 Å². The molecule has 0 saturated heterocycles. The van der Waals surface area contributed by atoms with E-state index >= 15 is 0 Å². The molecule has 0 fully saturated rings. The van der Waals surface area contributed by atoms with E-state index in [1.807, 2.05) is 0 Å². The van der Waals surface area contributed by atoms with E-state index in [1.54, 1.807) is 19.1 Å². The summed E-state index contributed by atoms with van der Waals surface area (Å²) < 4.78 is 5.45. The summed E-state index contributed by atoms with van der Waals surface area (Å²) in [7, 11) is 0. The molecule has 0 aliphatic heterocycles. The van der Waals surface area contributed by atoms with Gasteiger partial charge in [0, 0.05) is 24.6 Å². The van der Waals surface area contributed by atoms with Gasteiger partial charge in [-0.3, -0.25) is 10.1 Å². The number of benzene rings is 1. The predicted octanol–water partition coefficient (Wildman–Crippen LogP) is 2.63. The van der Waals surface area contributed by atoms with Crippen molar-refractivity contribution >= 4 is 5.69 Å². The molecule has 2 N–H and O–H groups in total. The fraction of sp³-hybridized carbons (Fsp3) is 0.600. The summed E-state index contributed by atoms with van der Waals surface area (Å²) in [6.07, 6.45) is -0.0588. The third-order valence-corrected chi connectivity index (χ3v) is 2.84. The van der Waals surface area contributed by atoms with Crippen molar-refractivity contribution in [3.63, 3.8) is 0 Å². The minimum atomic E-state index is -0.491.